The first-order valence-electron chi connectivity index (χ1n) is 5.28. The molecule has 1 aliphatic heterocycles. The maximum absolute atomic E-state index is 5.92. The number of pyridine rings is 1. The minimum absolute atomic E-state index is 0.187. The molecule has 1 N–H and O–H groups in total. The highest BCUT2D eigenvalue weighted by Gasteiger charge is 2.17. The van der Waals surface area contributed by atoms with Gasteiger partial charge < -0.3 is 14.5 Å². The van der Waals surface area contributed by atoms with Crippen LogP contribution >= 0.6 is 11.6 Å². The van der Waals surface area contributed by atoms with Gasteiger partial charge in [-0.1, -0.05) is 11.6 Å². The Bertz CT molecular complexity index is 505. The molecule has 1 aliphatic rings. The van der Waals surface area contributed by atoms with Gasteiger partial charge in [0.15, 0.2) is 0 Å². The molecule has 0 spiro atoms. The molecular weight excluding hydrogens is 226 g/mol. The molecule has 84 valence electrons. The Kier molecular flexibility index (Phi) is 2.55. The molecule has 1 atom stereocenters. The number of ether oxygens (including phenoxy) is 1. The van der Waals surface area contributed by atoms with Crippen molar-refractivity contribution in [1.82, 2.24) is 14.7 Å². The maximum Gasteiger partial charge on any atom is 0.137 e. The number of rotatable bonds is 1. The van der Waals surface area contributed by atoms with E-state index in [4.69, 9.17) is 16.3 Å². The van der Waals surface area contributed by atoms with Crippen LogP contribution < -0.4 is 5.32 Å². The minimum Gasteiger partial charge on any atom is -0.378 e. The molecule has 1 saturated heterocycles. The van der Waals surface area contributed by atoms with Crippen molar-refractivity contribution in [1.29, 1.82) is 0 Å². The number of aromatic nitrogens is 2. The maximum atomic E-state index is 5.92. The van der Waals surface area contributed by atoms with Crippen LogP contribution in [-0.4, -0.2) is 29.1 Å². The van der Waals surface area contributed by atoms with Crippen molar-refractivity contribution >= 4 is 17.2 Å². The number of morpholine rings is 1. The minimum atomic E-state index is 0.187. The number of imidazole rings is 1. The van der Waals surface area contributed by atoms with E-state index >= 15 is 0 Å². The predicted octanol–water partition coefficient (Wildman–Crippen LogP) is 1.65. The van der Waals surface area contributed by atoms with E-state index in [1.165, 1.54) is 0 Å². The first-order chi connectivity index (χ1) is 7.83. The normalized spacial score (nSPS) is 21.4. The Hall–Kier alpha value is -1.10. The molecule has 1 fully saturated rings. The largest absolute Gasteiger partial charge is 0.378 e. The summed E-state index contributed by atoms with van der Waals surface area (Å²) in [4.78, 5) is 4.54. The molecule has 0 saturated carbocycles. The van der Waals surface area contributed by atoms with Crippen LogP contribution in [0, 0.1) is 0 Å². The van der Waals surface area contributed by atoms with Crippen molar-refractivity contribution in [2.24, 2.45) is 0 Å². The zero-order valence-electron chi connectivity index (χ0n) is 8.69. The topological polar surface area (TPSA) is 38.6 Å². The highest BCUT2D eigenvalue weighted by atomic mass is 35.5. The van der Waals surface area contributed by atoms with Gasteiger partial charge in [0, 0.05) is 18.9 Å². The second-order valence-corrected chi connectivity index (χ2v) is 4.30. The van der Waals surface area contributed by atoms with Crippen LogP contribution in [0.5, 0.6) is 0 Å². The number of hydrogen-bond acceptors (Lipinski definition) is 3. The molecule has 0 amide bonds. The number of nitrogens with zero attached hydrogens (tertiary/aromatic N) is 2. The summed E-state index contributed by atoms with van der Waals surface area (Å²) in [5, 5.41) is 4.09. The van der Waals surface area contributed by atoms with Gasteiger partial charge in [-0.25, -0.2) is 4.98 Å². The zero-order valence-corrected chi connectivity index (χ0v) is 9.44. The molecule has 0 aliphatic carbocycles. The first kappa shape index (κ1) is 10.1. The summed E-state index contributed by atoms with van der Waals surface area (Å²) < 4.78 is 7.36. The fraction of sp³-hybridized carbons (Fsp3) is 0.364. The lowest BCUT2D eigenvalue weighted by atomic mass is 10.2. The van der Waals surface area contributed by atoms with E-state index < -0.39 is 0 Å². The molecule has 3 heterocycles. The van der Waals surface area contributed by atoms with Crippen molar-refractivity contribution in [2.45, 2.75) is 6.04 Å². The van der Waals surface area contributed by atoms with Crippen molar-refractivity contribution in [3.05, 3.63) is 35.2 Å². The number of nitrogens with one attached hydrogen (secondary N) is 1. The quantitative estimate of drug-likeness (QED) is 0.820. The smallest absolute Gasteiger partial charge is 0.137 e. The van der Waals surface area contributed by atoms with Crippen LogP contribution in [0.3, 0.4) is 0 Å². The molecule has 5 heteroatoms. The standard InChI is InChI=1S/C11H12ClN3O/c12-8-1-2-11-14-9(6-15(11)5-8)10-7-16-4-3-13-10/h1-2,5-6,10,13H,3-4,7H2. The summed E-state index contributed by atoms with van der Waals surface area (Å²) in [6.07, 6.45) is 3.85. The van der Waals surface area contributed by atoms with Gasteiger partial charge in [-0.2, -0.15) is 0 Å². The Morgan fingerprint density at radius 2 is 2.38 bits per heavy atom. The predicted molar refractivity (Wildman–Crippen MR) is 61.8 cm³/mol. The molecule has 2 aromatic rings. The van der Waals surface area contributed by atoms with Crippen molar-refractivity contribution in [3.63, 3.8) is 0 Å². The summed E-state index contributed by atoms with van der Waals surface area (Å²) in [6.45, 7) is 2.33. The molecule has 1 unspecified atom stereocenters. The lowest BCUT2D eigenvalue weighted by molar-refractivity contribution is 0.0758. The van der Waals surface area contributed by atoms with Gasteiger partial charge in [0.05, 0.1) is 30.0 Å². The van der Waals surface area contributed by atoms with E-state index in [0.717, 1.165) is 24.5 Å². The van der Waals surface area contributed by atoms with Crippen molar-refractivity contribution in [3.8, 4) is 0 Å². The lowest BCUT2D eigenvalue weighted by Crippen LogP contribution is -2.34. The average Bonchev–Trinajstić information content (AvgIpc) is 2.73. The second kappa shape index (κ2) is 4.05. The zero-order chi connectivity index (χ0) is 11.0. The molecule has 0 aromatic carbocycles. The Morgan fingerprint density at radius 3 is 3.19 bits per heavy atom. The summed E-state index contributed by atoms with van der Waals surface area (Å²) in [7, 11) is 0. The first-order valence-corrected chi connectivity index (χ1v) is 5.66. The van der Waals surface area contributed by atoms with Gasteiger partial charge in [-0.3, -0.25) is 0 Å². The Balaban J connectivity index is 1.97. The van der Waals surface area contributed by atoms with E-state index in [1.807, 2.05) is 28.9 Å². The third kappa shape index (κ3) is 1.80. The van der Waals surface area contributed by atoms with Crippen LogP contribution in [0.15, 0.2) is 24.5 Å². The summed E-state index contributed by atoms with van der Waals surface area (Å²) in [5.74, 6) is 0. The average molecular weight is 238 g/mol. The molecule has 4 nitrogen and oxygen atoms in total. The molecule has 3 rings (SSSR count). The molecule has 16 heavy (non-hydrogen) atoms. The van der Waals surface area contributed by atoms with Gasteiger partial charge in [-0.15, -0.1) is 0 Å². The lowest BCUT2D eigenvalue weighted by Gasteiger charge is -2.21. The Morgan fingerprint density at radius 1 is 1.44 bits per heavy atom. The highest BCUT2D eigenvalue weighted by Crippen LogP contribution is 2.17. The second-order valence-electron chi connectivity index (χ2n) is 3.86. The van der Waals surface area contributed by atoms with Gasteiger partial charge in [0.25, 0.3) is 0 Å². The van der Waals surface area contributed by atoms with Gasteiger partial charge in [0.2, 0.25) is 0 Å². The molecule has 2 aromatic heterocycles. The van der Waals surface area contributed by atoms with Gasteiger partial charge >= 0.3 is 0 Å². The summed E-state index contributed by atoms with van der Waals surface area (Å²) in [5.41, 5.74) is 1.91. The van der Waals surface area contributed by atoms with E-state index in [1.54, 1.807) is 0 Å². The molecule has 0 radical (unpaired) electrons. The van der Waals surface area contributed by atoms with E-state index in [-0.39, 0.29) is 6.04 Å². The van der Waals surface area contributed by atoms with Crippen LogP contribution in [0.2, 0.25) is 5.02 Å². The van der Waals surface area contributed by atoms with E-state index in [2.05, 4.69) is 10.3 Å². The van der Waals surface area contributed by atoms with Crippen molar-refractivity contribution < 1.29 is 4.74 Å². The third-order valence-electron chi connectivity index (χ3n) is 2.71. The number of hydrogen-bond donors (Lipinski definition) is 1. The van der Waals surface area contributed by atoms with Crippen LogP contribution in [-0.2, 0) is 4.74 Å². The summed E-state index contributed by atoms with van der Waals surface area (Å²) in [6, 6.07) is 3.95. The summed E-state index contributed by atoms with van der Waals surface area (Å²) >= 11 is 5.92. The fourth-order valence-corrected chi connectivity index (χ4v) is 2.08. The SMILES string of the molecule is Clc1ccc2nc(C3COCCN3)cn2c1. The highest BCUT2D eigenvalue weighted by molar-refractivity contribution is 6.30. The van der Waals surface area contributed by atoms with Crippen LogP contribution in [0.1, 0.15) is 11.7 Å². The van der Waals surface area contributed by atoms with Crippen LogP contribution in [0.4, 0.5) is 0 Å². The fourth-order valence-electron chi connectivity index (χ4n) is 1.91. The number of halogens is 1. The van der Waals surface area contributed by atoms with Gasteiger partial charge in [-0.05, 0) is 12.1 Å². The van der Waals surface area contributed by atoms with E-state index in [9.17, 15) is 0 Å². The third-order valence-corrected chi connectivity index (χ3v) is 2.94. The van der Waals surface area contributed by atoms with Crippen LogP contribution in [0.25, 0.3) is 5.65 Å². The monoisotopic (exact) mass is 237 g/mol. The molecule has 0 bridgehead atoms. The van der Waals surface area contributed by atoms with Gasteiger partial charge in [0.1, 0.15) is 5.65 Å². The van der Waals surface area contributed by atoms with Crippen molar-refractivity contribution in [2.75, 3.05) is 19.8 Å². The number of fused-ring (bicyclic) bond motifs is 1. The van der Waals surface area contributed by atoms with E-state index in [0.29, 0.717) is 11.6 Å². The Labute approximate surface area is 98.2 Å². The molecular formula is C11H12ClN3O.